The molecule has 0 aromatic heterocycles. The normalized spacial score (nSPS) is 25.5. The lowest BCUT2D eigenvalue weighted by Crippen LogP contribution is -2.43. The summed E-state index contributed by atoms with van der Waals surface area (Å²) >= 11 is 2.62. The topological polar surface area (TPSA) is 80.2 Å². The van der Waals surface area contributed by atoms with Crippen LogP contribution in [0.15, 0.2) is 27.0 Å². The van der Waals surface area contributed by atoms with Crippen molar-refractivity contribution < 1.29 is 27.8 Å². The van der Waals surface area contributed by atoms with Gasteiger partial charge in [0, 0.05) is 40.3 Å². The van der Waals surface area contributed by atoms with E-state index in [4.69, 9.17) is 9.47 Å². The van der Waals surface area contributed by atoms with E-state index in [1.165, 1.54) is 51.8 Å². The van der Waals surface area contributed by atoms with Crippen LogP contribution in [0.5, 0.6) is 0 Å². The summed E-state index contributed by atoms with van der Waals surface area (Å²) in [5.41, 5.74) is -0.520. The predicted octanol–water partition coefficient (Wildman–Crippen LogP) is 5.73. The minimum absolute atomic E-state index is 0.0200. The number of alkyl carbamates (subject to hydrolysis) is 1. The highest BCUT2D eigenvalue weighted by Crippen LogP contribution is 2.67. The maximum absolute atomic E-state index is 15.1. The molecule has 3 rings (SSSR count). The Labute approximate surface area is 229 Å². The van der Waals surface area contributed by atoms with Crippen molar-refractivity contribution >= 4 is 65.7 Å². The molecule has 0 bridgehead atoms. The summed E-state index contributed by atoms with van der Waals surface area (Å²) in [4.78, 5) is 31.7. The Morgan fingerprint density at radius 3 is 2.67 bits per heavy atom. The first-order valence-corrected chi connectivity index (χ1v) is 17.1. The molecule has 1 saturated carbocycles. The van der Waals surface area contributed by atoms with Gasteiger partial charge in [0.1, 0.15) is 17.3 Å². The number of benzene rings is 1. The van der Waals surface area contributed by atoms with E-state index < -0.39 is 34.1 Å². The molecule has 1 fully saturated rings. The SMILES string of the molecule is CN(C)C(=O)[C@]12C[C@H]1[C@@](C)(c1cc(/C=C(\F)I)ccc1F)N=C(OC(=O)NCOCC[Si](C)(C)C)S2. The van der Waals surface area contributed by atoms with Crippen molar-refractivity contribution in [3.8, 4) is 0 Å². The molecule has 2 amide bonds. The number of aliphatic imine (C=N–C) groups is 1. The highest BCUT2D eigenvalue weighted by atomic mass is 127. The van der Waals surface area contributed by atoms with Crippen LogP contribution in [0.1, 0.15) is 24.5 Å². The van der Waals surface area contributed by atoms with Gasteiger partial charge in [-0.3, -0.25) is 10.1 Å². The van der Waals surface area contributed by atoms with E-state index in [2.05, 4.69) is 30.0 Å². The first kappa shape index (κ1) is 29.0. The van der Waals surface area contributed by atoms with Crippen molar-refractivity contribution in [3.63, 3.8) is 0 Å². The molecule has 1 aromatic carbocycles. The maximum Gasteiger partial charge on any atom is 0.416 e. The zero-order valence-electron chi connectivity index (χ0n) is 21.3. The lowest BCUT2D eigenvalue weighted by molar-refractivity contribution is -0.129. The fraction of sp³-hybridized carbons (Fsp3) is 0.542. The number of ether oxygens (including phenoxy) is 2. The van der Waals surface area contributed by atoms with Gasteiger partial charge in [-0.2, -0.15) is 4.39 Å². The average Bonchev–Trinajstić information content (AvgIpc) is 3.50. The van der Waals surface area contributed by atoms with Crippen molar-refractivity contribution in [2.24, 2.45) is 10.9 Å². The summed E-state index contributed by atoms with van der Waals surface area (Å²) in [5.74, 6) is -1.02. The number of amides is 2. The van der Waals surface area contributed by atoms with Crippen LogP contribution >= 0.6 is 34.4 Å². The largest absolute Gasteiger partial charge is 0.416 e. The van der Waals surface area contributed by atoms with E-state index in [-0.39, 0.29) is 29.3 Å². The Hall–Kier alpha value is -1.51. The van der Waals surface area contributed by atoms with Gasteiger partial charge < -0.3 is 14.4 Å². The Bertz CT molecular complexity index is 1090. The van der Waals surface area contributed by atoms with E-state index in [1.54, 1.807) is 21.0 Å². The number of hydrogen-bond acceptors (Lipinski definition) is 6. The molecule has 3 atom stereocenters. The van der Waals surface area contributed by atoms with Crippen LogP contribution in [-0.2, 0) is 19.8 Å². The number of rotatable bonds is 8. The molecule has 198 valence electrons. The van der Waals surface area contributed by atoms with Gasteiger partial charge in [0.15, 0.2) is 3.83 Å². The number of carbonyl (C=O) groups is 2. The smallest absolute Gasteiger partial charge is 0.385 e. The number of nitrogens with one attached hydrogen (secondary N) is 1. The Kier molecular flexibility index (Phi) is 8.94. The third kappa shape index (κ3) is 6.67. The van der Waals surface area contributed by atoms with Crippen LogP contribution in [-0.4, -0.2) is 62.4 Å². The molecule has 0 saturated heterocycles. The van der Waals surface area contributed by atoms with Gasteiger partial charge in [0.25, 0.3) is 5.23 Å². The van der Waals surface area contributed by atoms with Crippen LogP contribution in [0.25, 0.3) is 6.08 Å². The molecule has 0 unspecified atom stereocenters. The highest BCUT2D eigenvalue weighted by molar-refractivity contribution is 14.1. The number of carbonyl (C=O) groups excluding carboxylic acids is 2. The second-order valence-corrected chi connectivity index (χ2v) is 18.5. The minimum atomic E-state index is -1.25. The maximum atomic E-state index is 15.1. The van der Waals surface area contributed by atoms with Crippen molar-refractivity contribution in [1.29, 1.82) is 0 Å². The third-order valence-electron chi connectivity index (χ3n) is 6.26. The summed E-state index contributed by atoms with van der Waals surface area (Å²) in [5, 5.41) is 2.51. The van der Waals surface area contributed by atoms with Crippen LogP contribution in [0, 0.1) is 11.7 Å². The van der Waals surface area contributed by atoms with Crippen LogP contribution in [0.3, 0.4) is 0 Å². The van der Waals surface area contributed by atoms with Gasteiger partial charge in [-0.25, -0.2) is 14.2 Å². The van der Waals surface area contributed by atoms with E-state index in [0.717, 1.165) is 17.8 Å². The molecule has 1 aliphatic heterocycles. The van der Waals surface area contributed by atoms with Crippen LogP contribution in [0.2, 0.25) is 25.7 Å². The highest BCUT2D eigenvalue weighted by Gasteiger charge is 2.71. The summed E-state index contributed by atoms with van der Waals surface area (Å²) < 4.78 is 38.2. The molecular weight excluding hydrogens is 619 g/mol. The van der Waals surface area contributed by atoms with Gasteiger partial charge in [-0.15, -0.1) is 0 Å². The fourth-order valence-corrected chi connectivity index (χ4v) is 6.90. The lowest BCUT2D eigenvalue weighted by Gasteiger charge is -2.34. The number of hydrogen-bond donors (Lipinski definition) is 1. The number of thioether (sulfide) groups is 1. The monoisotopic (exact) mass is 651 g/mol. The molecule has 1 aliphatic carbocycles. The van der Waals surface area contributed by atoms with E-state index in [1.807, 2.05) is 0 Å². The molecule has 1 N–H and O–H groups in total. The molecule has 0 radical (unpaired) electrons. The standard InChI is InChI=1S/C24H32F2IN3O4SSi/c1-23(16-11-15(12-19(26)27)7-8-17(16)25)18-13-24(18,20(31)30(2)3)35-22(29-23)34-21(32)28-14-33-9-10-36(4,5)6/h7-8,11-12,18H,9-10,13-14H2,1-6H3,(H,28,32)/b19-12+/t18-,23+,24-/m0/s1. The van der Waals surface area contributed by atoms with Crippen molar-refractivity contribution in [3.05, 3.63) is 39.0 Å². The molecule has 12 heteroatoms. The first-order valence-electron chi connectivity index (χ1n) is 11.5. The molecule has 1 heterocycles. The predicted molar refractivity (Wildman–Crippen MR) is 150 cm³/mol. The first-order chi connectivity index (χ1) is 16.7. The Balaban J connectivity index is 1.85. The van der Waals surface area contributed by atoms with E-state index in [9.17, 15) is 14.0 Å². The van der Waals surface area contributed by atoms with Gasteiger partial charge in [-0.1, -0.05) is 25.7 Å². The van der Waals surface area contributed by atoms with E-state index >= 15 is 4.39 Å². The van der Waals surface area contributed by atoms with Gasteiger partial charge in [-0.05, 0) is 77.5 Å². The third-order valence-corrected chi connectivity index (χ3v) is 9.61. The van der Waals surface area contributed by atoms with Gasteiger partial charge in [0.05, 0.1) is 5.54 Å². The molecular formula is C24H32F2IN3O4SSi. The van der Waals surface area contributed by atoms with Crippen molar-refractivity contribution in [2.45, 2.75) is 49.3 Å². The molecule has 1 aromatic rings. The van der Waals surface area contributed by atoms with Gasteiger partial charge in [0.2, 0.25) is 5.91 Å². The quantitative estimate of drug-likeness (QED) is 0.168. The van der Waals surface area contributed by atoms with Crippen LogP contribution < -0.4 is 5.32 Å². The average molecular weight is 652 g/mol. The van der Waals surface area contributed by atoms with Gasteiger partial charge >= 0.3 is 6.09 Å². The van der Waals surface area contributed by atoms with Crippen molar-refractivity contribution in [1.82, 2.24) is 10.2 Å². The summed E-state index contributed by atoms with van der Waals surface area (Å²) in [6.07, 6.45) is 0.947. The van der Waals surface area contributed by atoms with Crippen LogP contribution in [0.4, 0.5) is 13.6 Å². The summed E-state index contributed by atoms with van der Waals surface area (Å²) in [7, 11) is 2.05. The molecule has 0 spiro atoms. The minimum Gasteiger partial charge on any atom is -0.385 e. The fourth-order valence-electron chi connectivity index (χ4n) is 4.23. The zero-order valence-corrected chi connectivity index (χ0v) is 25.3. The number of nitrogens with zero attached hydrogens (tertiary/aromatic N) is 2. The molecule has 2 aliphatic rings. The number of fused-ring (bicyclic) bond motifs is 1. The Morgan fingerprint density at radius 2 is 2.06 bits per heavy atom. The van der Waals surface area contributed by atoms with E-state index in [0.29, 0.717) is 18.6 Å². The second-order valence-electron chi connectivity index (χ2n) is 10.6. The Morgan fingerprint density at radius 1 is 1.36 bits per heavy atom. The summed E-state index contributed by atoms with van der Waals surface area (Å²) in [6.45, 7) is 8.93. The lowest BCUT2D eigenvalue weighted by atomic mass is 9.84. The second kappa shape index (κ2) is 11.1. The summed E-state index contributed by atoms with van der Waals surface area (Å²) in [6, 6.07) is 5.22. The van der Waals surface area contributed by atoms with Crippen molar-refractivity contribution in [2.75, 3.05) is 27.4 Å². The zero-order chi connectivity index (χ0) is 26.9. The molecule has 36 heavy (non-hydrogen) atoms. The number of halogens is 3. The molecule has 7 nitrogen and oxygen atoms in total.